The van der Waals surface area contributed by atoms with Crippen molar-refractivity contribution in [2.75, 3.05) is 56.6 Å². The van der Waals surface area contributed by atoms with Gasteiger partial charge in [-0.3, -0.25) is 4.90 Å². The Hall–Kier alpha value is -1.90. The molecule has 3 heterocycles. The largest absolute Gasteiger partial charge is 0.421 e. The van der Waals surface area contributed by atoms with Crippen LogP contribution in [0.1, 0.15) is 19.4 Å². The summed E-state index contributed by atoms with van der Waals surface area (Å²) in [5.74, 6) is 0. The molecule has 0 spiro atoms. The van der Waals surface area contributed by atoms with Gasteiger partial charge < -0.3 is 20.5 Å². The molecule has 0 aliphatic carbocycles. The molecule has 0 bridgehead atoms. The third kappa shape index (κ3) is 5.36. The first-order chi connectivity index (χ1) is 16.8. The Kier molecular flexibility index (Phi) is 7.62. The number of nitrogens with zero attached hydrogens (tertiary/aromatic N) is 3. The fourth-order valence-electron chi connectivity index (χ4n) is 4.59. The second kappa shape index (κ2) is 10.1. The van der Waals surface area contributed by atoms with Crippen LogP contribution in [0.4, 0.5) is 23.9 Å². The molecule has 1 unspecified atom stereocenters. The van der Waals surface area contributed by atoms with E-state index in [4.69, 9.17) is 10.5 Å². The summed E-state index contributed by atoms with van der Waals surface area (Å²) < 4.78 is 73.6. The molecule has 13 heteroatoms. The first kappa shape index (κ1) is 27.1. The quantitative estimate of drug-likeness (QED) is 0.573. The number of halogens is 3. The lowest BCUT2D eigenvalue weighted by atomic mass is 9.95. The minimum absolute atomic E-state index is 0.147. The summed E-state index contributed by atoms with van der Waals surface area (Å²) in [6.45, 7) is 5.98. The molecule has 0 saturated carbocycles. The molecule has 2 aliphatic heterocycles. The van der Waals surface area contributed by atoms with E-state index >= 15 is 0 Å². The number of benzene rings is 1. The predicted molar refractivity (Wildman–Crippen MR) is 133 cm³/mol. The highest BCUT2D eigenvalue weighted by Gasteiger charge is 2.51. The van der Waals surface area contributed by atoms with Crippen LogP contribution in [0.2, 0.25) is 0 Å². The normalized spacial score (nSPS) is 24.6. The van der Waals surface area contributed by atoms with E-state index in [1.165, 1.54) is 22.5 Å². The standard InChI is InChI=1S/C23H31F3N4O4S2/c1-16-15-34-12-11-28(16)13-19-14-29(36(32,33)21-8-7-20(27)35-21)9-10-30(19)18-5-3-17(4-6-18)22(2,31)23(24,25)26/h3-8,16,19,31H,9-15,27H2,1-2H3/t16-,19-,22?/m0/s1. The summed E-state index contributed by atoms with van der Waals surface area (Å²) >= 11 is 1.02. The number of nitrogen functional groups attached to an aromatic ring is 1. The van der Waals surface area contributed by atoms with E-state index < -0.39 is 21.8 Å². The van der Waals surface area contributed by atoms with E-state index in [2.05, 4.69) is 4.90 Å². The lowest BCUT2D eigenvalue weighted by Gasteiger charge is -2.45. The fourth-order valence-corrected chi connectivity index (χ4v) is 7.30. The van der Waals surface area contributed by atoms with E-state index in [9.17, 15) is 26.7 Å². The second-order valence-electron chi connectivity index (χ2n) is 9.40. The summed E-state index contributed by atoms with van der Waals surface area (Å²) in [6, 6.07) is 8.62. The van der Waals surface area contributed by atoms with Gasteiger partial charge in [-0.05, 0) is 43.7 Å². The third-order valence-corrected chi connectivity index (χ3v) is 10.2. The Balaban J connectivity index is 1.60. The molecule has 8 nitrogen and oxygen atoms in total. The average Bonchev–Trinajstić information content (AvgIpc) is 3.27. The van der Waals surface area contributed by atoms with Gasteiger partial charge in [-0.15, -0.1) is 11.3 Å². The first-order valence-electron chi connectivity index (χ1n) is 11.6. The molecule has 2 aliphatic rings. The molecule has 1 aromatic carbocycles. The molecule has 4 rings (SSSR count). The molecule has 36 heavy (non-hydrogen) atoms. The molecule has 1 aromatic heterocycles. The lowest BCUT2D eigenvalue weighted by molar-refractivity contribution is -0.258. The SMILES string of the molecule is C[C@H]1COCCN1C[C@H]1CN(S(=O)(=O)c2ccc(N)s2)CCN1c1ccc(C(C)(O)C(F)(F)F)cc1. The topological polar surface area (TPSA) is 99.3 Å². The number of hydrogen-bond donors (Lipinski definition) is 2. The van der Waals surface area contributed by atoms with Crippen molar-refractivity contribution in [3.05, 3.63) is 42.0 Å². The van der Waals surface area contributed by atoms with Crippen LogP contribution < -0.4 is 10.6 Å². The zero-order valence-corrected chi connectivity index (χ0v) is 21.7. The van der Waals surface area contributed by atoms with Gasteiger partial charge in [0.05, 0.1) is 24.3 Å². The average molecular weight is 549 g/mol. The molecular formula is C23H31F3N4O4S2. The van der Waals surface area contributed by atoms with Gasteiger partial charge in [0.15, 0.2) is 5.60 Å². The zero-order valence-electron chi connectivity index (χ0n) is 20.1. The van der Waals surface area contributed by atoms with Crippen LogP contribution in [0.3, 0.4) is 0 Å². The maximum atomic E-state index is 13.3. The van der Waals surface area contributed by atoms with Crippen molar-refractivity contribution >= 4 is 32.0 Å². The molecule has 0 radical (unpaired) electrons. The Morgan fingerprint density at radius 3 is 2.42 bits per heavy atom. The van der Waals surface area contributed by atoms with Crippen molar-refractivity contribution in [1.82, 2.24) is 9.21 Å². The van der Waals surface area contributed by atoms with Crippen LogP contribution in [0.15, 0.2) is 40.6 Å². The van der Waals surface area contributed by atoms with E-state index in [0.717, 1.165) is 18.3 Å². The molecule has 2 aromatic rings. The molecule has 3 atom stereocenters. The molecule has 2 saturated heterocycles. The number of rotatable bonds is 6. The number of piperazine rings is 1. The van der Waals surface area contributed by atoms with E-state index in [0.29, 0.717) is 43.5 Å². The van der Waals surface area contributed by atoms with Gasteiger partial charge in [-0.1, -0.05) is 12.1 Å². The third-order valence-electron chi connectivity index (χ3n) is 6.91. The number of alkyl halides is 3. The Morgan fingerprint density at radius 2 is 1.83 bits per heavy atom. The van der Waals surface area contributed by atoms with Gasteiger partial charge in [-0.2, -0.15) is 17.5 Å². The van der Waals surface area contributed by atoms with Gasteiger partial charge in [0.1, 0.15) is 4.21 Å². The van der Waals surface area contributed by atoms with Crippen molar-refractivity contribution in [2.45, 2.75) is 41.9 Å². The lowest BCUT2D eigenvalue weighted by Crippen LogP contribution is -2.60. The number of morpholine rings is 1. The minimum Gasteiger partial charge on any atom is -0.391 e. The highest BCUT2D eigenvalue weighted by atomic mass is 32.2. The summed E-state index contributed by atoms with van der Waals surface area (Å²) in [6.07, 6.45) is -4.81. The Bertz CT molecular complexity index is 1150. The van der Waals surface area contributed by atoms with E-state index in [-0.39, 0.29) is 34.9 Å². The number of anilines is 2. The number of ether oxygens (including phenoxy) is 1. The molecular weight excluding hydrogens is 517 g/mol. The van der Waals surface area contributed by atoms with Crippen LogP contribution in [0.5, 0.6) is 0 Å². The molecule has 0 amide bonds. The summed E-state index contributed by atoms with van der Waals surface area (Å²) in [7, 11) is -3.73. The van der Waals surface area contributed by atoms with Crippen LogP contribution in [-0.2, 0) is 20.4 Å². The van der Waals surface area contributed by atoms with Gasteiger partial charge in [0, 0.05) is 44.5 Å². The second-order valence-corrected chi connectivity index (χ2v) is 12.7. The van der Waals surface area contributed by atoms with E-state index in [1.54, 1.807) is 18.2 Å². The summed E-state index contributed by atoms with van der Waals surface area (Å²) in [4.78, 5) is 4.27. The van der Waals surface area contributed by atoms with Gasteiger partial charge in [0.2, 0.25) is 0 Å². The number of nitrogens with two attached hydrogens (primary N) is 1. The monoisotopic (exact) mass is 548 g/mol. The van der Waals surface area contributed by atoms with Crippen molar-refractivity contribution in [2.24, 2.45) is 0 Å². The summed E-state index contributed by atoms with van der Waals surface area (Å²) in [5, 5.41) is 10.4. The Labute approximate surface area is 213 Å². The zero-order chi connectivity index (χ0) is 26.3. The first-order valence-corrected chi connectivity index (χ1v) is 13.9. The maximum absolute atomic E-state index is 13.3. The fraction of sp³-hybridized carbons (Fsp3) is 0.565. The maximum Gasteiger partial charge on any atom is 0.421 e. The van der Waals surface area contributed by atoms with Crippen LogP contribution in [0.25, 0.3) is 0 Å². The smallest absolute Gasteiger partial charge is 0.391 e. The number of thiophene rings is 1. The number of hydrogen-bond acceptors (Lipinski definition) is 8. The van der Waals surface area contributed by atoms with Crippen molar-refractivity contribution < 1.29 is 31.4 Å². The molecule has 3 N–H and O–H groups in total. The van der Waals surface area contributed by atoms with Gasteiger partial charge in [0.25, 0.3) is 10.0 Å². The van der Waals surface area contributed by atoms with E-state index in [1.807, 2.05) is 11.8 Å². The van der Waals surface area contributed by atoms with Crippen LogP contribution >= 0.6 is 11.3 Å². The number of aliphatic hydroxyl groups is 1. The minimum atomic E-state index is -4.81. The predicted octanol–water partition coefficient (Wildman–Crippen LogP) is 2.70. The molecule has 200 valence electrons. The Morgan fingerprint density at radius 1 is 1.14 bits per heavy atom. The number of sulfonamides is 1. The molecule has 2 fully saturated rings. The van der Waals surface area contributed by atoms with Gasteiger partial charge in [-0.25, -0.2) is 8.42 Å². The summed E-state index contributed by atoms with van der Waals surface area (Å²) in [5.41, 5.74) is 3.20. The highest BCUT2D eigenvalue weighted by Crippen LogP contribution is 2.39. The van der Waals surface area contributed by atoms with Crippen molar-refractivity contribution in [3.63, 3.8) is 0 Å². The van der Waals surface area contributed by atoms with Crippen LogP contribution in [0, 0.1) is 0 Å². The van der Waals surface area contributed by atoms with Crippen molar-refractivity contribution in [3.8, 4) is 0 Å². The van der Waals surface area contributed by atoms with Gasteiger partial charge >= 0.3 is 6.18 Å². The van der Waals surface area contributed by atoms with Crippen LogP contribution in [-0.4, -0.2) is 86.9 Å². The van der Waals surface area contributed by atoms with Crippen molar-refractivity contribution in [1.29, 1.82) is 0 Å². The highest BCUT2D eigenvalue weighted by molar-refractivity contribution is 7.91.